The molecule has 1 aromatic carbocycles. The highest BCUT2D eigenvalue weighted by atomic mass is 16.3. The molecule has 3 N–H and O–H groups in total. The van der Waals surface area contributed by atoms with Crippen LogP contribution in [0.15, 0.2) is 54.1 Å². The molecule has 0 radical (unpaired) electrons. The number of carbonyl (C=O) groups excluding carboxylic acids is 2. The minimum absolute atomic E-state index is 0.00595. The molecule has 4 aliphatic carbocycles. The summed E-state index contributed by atoms with van der Waals surface area (Å²) in [5, 5.41) is 26.4. The van der Waals surface area contributed by atoms with E-state index in [1.165, 1.54) is 0 Å². The van der Waals surface area contributed by atoms with Crippen molar-refractivity contribution in [3.63, 3.8) is 0 Å². The third-order valence-electron chi connectivity index (χ3n) is 9.67. The molecule has 5 rings (SSSR count). The van der Waals surface area contributed by atoms with Crippen molar-refractivity contribution in [3.8, 4) is 0 Å². The highest BCUT2D eigenvalue weighted by Gasteiger charge is 2.68. The first-order valence-electron chi connectivity index (χ1n) is 12.3. The smallest absolute Gasteiger partial charge is 0.253 e. The second kappa shape index (κ2) is 7.64. The number of benzene rings is 1. The number of carbonyl (C=O) groups is 2. The average Bonchev–Trinajstić information content (AvgIpc) is 3.06. The van der Waals surface area contributed by atoms with Crippen molar-refractivity contribution in [1.82, 2.24) is 5.32 Å². The molecular weight excluding hydrogens is 414 g/mol. The number of amides is 1. The molecule has 0 aliphatic heterocycles. The number of allylic oxidation sites excluding steroid dienone is 4. The Hall–Kier alpha value is -2.24. The summed E-state index contributed by atoms with van der Waals surface area (Å²) in [5.41, 5.74) is -0.442. The van der Waals surface area contributed by atoms with Gasteiger partial charge in [0.1, 0.15) is 5.60 Å². The lowest BCUT2D eigenvalue weighted by molar-refractivity contribution is -0.178. The molecule has 0 aromatic heterocycles. The number of hydrogen-bond donors (Lipinski definition) is 3. The Balaban J connectivity index is 1.43. The molecule has 3 saturated carbocycles. The van der Waals surface area contributed by atoms with Gasteiger partial charge in [-0.25, -0.2) is 0 Å². The van der Waals surface area contributed by atoms with Gasteiger partial charge in [-0.2, -0.15) is 0 Å². The van der Waals surface area contributed by atoms with Crippen molar-refractivity contribution in [2.75, 3.05) is 0 Å². The summed E-state index contributed by atoms with van der Waals surface area (Å²) in [6, 6.07) is 9.56. The lowest BCUT2D eigenvalue weighted by Gasteiger charge is -2.59. The molecule has 5 nitrogen and oxygen atoms in total. The fourth-order valence-corrected chi connectivity index (χ4v) is 7.84. The summed E-state index contributed by atoms with van der Waals surface area (Å²) in [5.74, 6) is 0.0366. The zero-order chi connectivity index (χ0) is 23.6. The van der Waals surface area contributed by atoms with Crippen molar-refractivity contribution < 1.29 is 19.8 Å². The van der Waals surface area contributed by atoms with Crippen molar-refractivity contribution in [2.24, 2.45) is 28.6 Å². The number of nitrogens with one attached hydrogen (secondary N) is 1. The van der Waals surface area contributed by atoms with E-state index in [-0.39, 0.29) is 40.9 Å². The average molecular weight is 450 g/mol. The molecular formula is C28H35NO4. The Kier molecular flexibility index (Phi) is 5.22. The van der Waals surface area contributed by atoms with Crippen LogP contribution in [0.2, 0.25) is 0 Å². The normalized spacial score (nSPS) is 42.6. The number of rotatable bonds is 3. The number of aliphatic hydroxyl groups is 2. The van der Waals surface area contributed by atoms with Crippen molar-refractivity contribution in [2.45, 2.75) is 70.6 Å². The fraction of sp³-hybridized carbons (Fsp3) is 0.571. The lowest BCUT2D eigenvalue weighted by atomic mass is 9.46. The maximum absolute atomic E-state index is 13.5. The van der Waals surface area contributed by atoms with Crippen LogP contribution in [0, 0.1) is 28.6 Å². The maximum atomic E-state index is 13.5. The van der Waals surface area contributed by atoms with Crippen LogP contribution in [0.3, 0.4) is 0 Å². The van der Waals surface area contributed by atoms with Gasteiger partial charge >= 0.3 is 0 Å². The van der Waals surface area contributed by atoms with Gasteiger partial charge in [-0.1, -0.05) is 55.8 Å². The zero-order valence-electron chi connectivity index (χ0n) is 19.8. The minimum atomic E-state index is -1.51. The van der Waals surface area contributed by atoms with Gasteiger partial charge in [0.15, 0.2) is 5.78 Å². The Morgan fingerprint density at radius 3 is 2.64 bits per heavy atom. The summed E-state index contributed by atoms with van der Waals surface area (Å²) in [4.78, 5) is 25.5. The van der Waals surface area contributed by atoms with E-state index >= 15 is 0 Å². The quantitative estimate of drug-likeness (QED) is 0.654. The van der Waals surface area contributed by atoms with Crippen LogP contribution in [-0.4, -0.2) is 33.6 Å². The molecule has 0 saturated heterocycles. The van der Waals surface area contributed by atoms with E-state index in [0.29, 0.717) is 12.8 Å². The summed E-state index contributed by atoms with van der Waals surface area (Å²) in [6.45, 7) is 6.08. The molecule has 0 spiro atoms. The first kappa shape index (κ1) is 22.5. The summed E-state index contributed by atoms with van der Waals surface area (Å²) < 4.78 is 0. The van der Waals surface area contributed by atoms with E-state index in [4.69, 9.17) is 0 Å². The van der Waals surface area contributed by atoms with Gasteiger partial charge in [0.2, 0.25) is 0 Å². The Morgan fingerprint density at radius 1 is 1.18 bits per heavy atom. The number of hydrogen-bond acceptors (Lipinski definition) is 4. The SMILES string of the molecule is C[C@@H](NC(=O)[C@@]1(O)CCC2C3CCC4=CC(=O)C=CC4(C)C3[C@@H](O)CC21C)c1ccccc1. The molecule has 8 atom stereocenters. The third-order valence-corrected chi connectivity index (χ3v) is 9.67. The van der Waals surface area contributed by atoms with Gasteiger partial charge in [-0.05, 0) is 68.6 Å². The van der Waals surface area contributed by atoms with Crippen LogP contribution in [0.5, 0.6) is 0 Å². The van der Waals surface area contributed by atoms with Crippen LogP contribution in [0.25, 0.3) is 0 Å². The van der Waals surface area contributed by atoms with Crippen LogP contribution in [0.4, 0.5) is 0 Å². The monoisotopic (exact) mass is 449 g/mol. The van der Waals surface area contributed by atoms with E-state index in [2.05, 4.69) is 12.2 Å². The summed E-state index contributed by atoms with van der Waals surface area (Å²) in [6.07, 6.45) is 7.99. The first-order chi connectivity index (χ1) is 15.6. The molecule has 0 bridgehead atoms. The number of ketones is 1. The molecule has 0 heterocycles. The molecule has 1 aromatic rings. The van der Waals surface area contributed by atoms with Crippen LogP contribution in [0.1, 0.15) is 64.5 Å². The predicted octanol–water partition coefficient (Wildman–Crippen LogP) is 3.87. The second-order valence-electron chi connectivity index (χ2n) is 11.2. The van der Waals surface area contributed by atoms with Crippen molar-refractivity contribution in [3.05, 3.63) is 59.7 Å². The summed E-state index contributed by atoms with van der Waals surface area (Å²) in [7, 11) is 0. The van der Waals surface area contributed by atoms with Crippen molar-refractivity contribution in [1.29, 1.82) is 0 Å². The largest absolute Gasteiger partial charge is 0.393 e. The fourth-order valence-electron chi connectivity index (χ4n) is 7.84. The van der Waals surface area contributed by atoms with Crippen LogP contribution >= 0.6 is 0 Å². The Labute approximate surface area is 196 Å². The Morgan fingerprint density at radius 2 is 1.91 bits per heavy atom. The molecule has 5 unspecified atom stereocenters. The minimum Gasteiger partial charge on any atom is -0.393 e. The molecule has 176 valence electrons. The lowest BCUT2D eigenvalue weighted by Crippen LogP contribution is -2.63. The number of fused-ring (bicyclic) bond motifs is 5. The van der Waals surface area contributed by atoms with E-state index in [1.54, 1.807) is 12.2 Å². The standard InChI is InChI=1S/C28H35NO4/c1-17(18-7-5-4-6-8-18)29-25(32)28(33)14-12-22-21-10-9-19-15-20(30)11-13-26(19,2)24(21)23(31)16-27(22,28)3/h4-8,11,13,15,17,21-24,31,33H,9-10,12,14,16H2,1-3H3,(H,29,32)/t17-,21?,22?,23+,24?,26?,27?,28+/m1/s1. The summed E-state index contributed by atoms with van der Waals surface area (Å²) >= 11 is 0. The molecule has 5 heteroatoms. The van der Waals surface area contributed by atoms with Gasteiger partial charge in [0, 0.05) is 16.7 Å². The van der Waals surface area contributed by atoms with Crippen LogP contribution < -0.4 is 5.32 Å². The zero-order valence-corrected chi connectivity index (χ0v) is 19.8. The third kappa shape index (κ3) is 3.19. The maximum Gasteiger partial charge on any atom is 0.253 e. The van der Waals surface area contributed by atoms with Gasteiger partial charge in [0.25, 0.3) is 5.91 Å². The van der Waals surface area contributed by atoms with E-state index < -0.39 is 17.1 Å². The van der Waals surface area contributed by atoms with Crippen LogP contribution in [-0.2, 0) is 9.59 Å². The van der Waals surface area contributed by atoms with Gasteiger partial charge in [0.05, 0.1) is 12.1 Å². The predicted molar refractivity (Wildman–Crippen MR) is 126 cm³/mol. The molecule has 33 heavy (non-hydrogen) atoms. The molecule has 1 amide bonds. The Bertz CT molecular complexity index is 1030. The number of aliphatic hydroxyl groups excluding tert-OH is 1. The molecule has 4 aliphatic rings. The second-order valence-corrected chi connectivity index (χ2v) is 11.2. The van der Waals surface area contributed by atoms with Gasteiger partial charge in [-0.15, -0.1) is 0 Å². The van der Waals surface area contributed by atoms with Crippen molar-refractivity contribution >= 4 is 11.7 Å². The van der Waals surface area contributed by atoms with E-state index in [1.807, 2.05) is 50.3 Å². The molecule has 3 fully saturated rings. The van der Waals surface area contributed by atoms with E-state index in [0.717, 1.165) is 30.4 Å². The highest BCUT2D eigenvalue weighted by Crippen LogP contribution is 2.67. The van der Waals surface area contributed by atoms with Gasteiger partial charge < -0.3 is 15.5 Å². The first-order valence-corrected chi connectivity index (χ1v) is 12.3. The topological polar surface area (TPSA) is 86.6 Å². The van der Waals surface area contributed by atoms with E-state index in [9.17, 15) is 19.8 Å². The van der Waals surface area contributed by atoms with Gasteiger partial charge in [-0.3, -0.25) is 9.59 Å². The highest BCUT2D eigenvalue weighted by molar-refractivity contribution is 6.01.